The third-order valence-corrected chi connectivity index (χ3v) is 4.98. The number of amides is 1. The van der Waals surface area contributed by atoms with Crippen molar-refractivity contribution in [3.8, 4) is 28.7 Å². The maximum Gasteiger partial charge on any atom is 0.260 e. The van der Waals surface area contributed by atoms with Crippen molar-refractivity contribution in [3.63, 3.8) is 0 Å². The minimum absolute atomic E-state index is 0.0844. The molecule has 1 aliphatic heterocycles. The summed E-state index contributed by atoms with van der Waals surface area (Å²) in [4.78, 5) is 14.5. The van der Waals surface area contributed by atoms with E-state index in [0.29, 0.717) is 41.7 Å². The predicted octanol–water partition coefficient (Wildman–Crippen LogP) is 2.35. The summed E-state index contributed by atoms with van der Waals surface area (Å²) < 4.78 is 26.9. The van der Waals surface area contributed by atoms with Crippen LogP contribution in [0, 0.1) is 0 Å². The van der Waals surface area contributed by atoms with Gasteiger partial charge in [-0.1, -0.05) is 6.07 Å². The third kappa shape index (κ3) is 4.71. The second kappa shape index (κ2) is 10.1. The first-order chi connectivity index (χ1) is 14.6. The highest BCUT2D eigenvalue weighted by atomic mass is 16.5. The van der Waals surface area contributed by atoms with Gasteiger partial charge in [-0.05, 0) is 30.7 Å². The van der Waals surface area contributed by atoms with Crippen LogP contribution in [0.2, 0.25) is 0 Å². The number of ether oxygens (including phenoxy) is 5. The van der Waals surface area contributed by atoms with E-state index in [9.17, 15) is 4.79 Å². The predicted molar refractivity (Wildman–Crippen MR) is 112 cm³/mol. The molecular formula is C22H28N2O6. The van der Waals surface area contributed by atoms with E-state index in [4.69, 9.17) is 23.7 Å². The molecule has 30 heavy (non-hydrogen) atoms. The van der Waals surface area contributed by atoms with Gasteiger partial charge in [-0.25, -0.2) is 0 Å². The summed E-state index contributed by atoms with van der Waals surface area (Å²) in [6.45, 7) is 2.18. The summed E-state index contributed by atoms with van der Waals surface area (Å²) >= 11 is 0. The fourth-order valence-corrected chi connectivity index (χ4v) is 3.30. The van der Waals surface area contributed by atoms with Crippen molar-refractivity contribution in [2.45, 2.75) is 6.42 Å². The van der Waals surface area contributed by atoms with Crippen LogP contribution in [0.15, 0.2) is 30.3 Å². The van der Waals surface area contributed by atoms with Gasteiger partial charge in [-0.3, -0.25) is 4.79 Å². The van der Waals surface area contributed by atoms with E-state index >= 15 is 0 Å². The Balaban J connectivity index is 1.50. The lowest BCUT2D eigenvalue weighted by atomic mass is 10.1. The van der Waals surface area contributed by atoms with Crippen molar-refractivity contribution in [2.75, 3.05) is 54.8 Å². The number of nitrogens with one attached hydrogen (secondary N) is 1. The van der Waals surface area contributed by atoms with Crippen LogP contribution in [0.1, 0.15) is 15.9 Å². The number of carbonyl (C=O) groups excluding carboxylic acids is 1. The van der Waals surface area contributed by atoms with E-state index in [-0.39, 0.29) is 12.6 Å². The highest BCUT2D eigenvalue weighted by molar-refractivity contribution is 5.98. The average molecular weight is 416 g/mol. The molecule has 1 N–H and O–H groups in total. The van der Waals surface area contributed by atoms with Crippen LogP contribution in [0.4, 0.5) is 0 Å². The molecule has 0 spiro atoms. The summed E-state index contributed by atoms with van der Waals surface area (Å²) in [7, 11) is 6.34. The van der Waals surface area contributed by atoms with Crippen LogP contribution in [-0.4, -0.2) is 65.6 Å². The number of fused-ring (bicyclic) bond motifs is 1. The molecule has 0 saturated heterocycles. The molecule has 3 rings (SSSR count). The summed E-state index contributed by atoms with van der Waals surface area (Å²) in [5, 5.41) is 3.37. The zero-order chi connectivity index (χ0) is 21.5. The van der Waals surface area contributed by atoms with Gasteiger partial charge < -0.3 is 33.9 Å². The molecule has 1 aliphatic rings. The topological polar surface area (TPSA) is 78.5 Å². The summed E-state index contributed by atoms with van der Waals surface area (Å²) in [5.74, 6) is 2.90. The second-order valence-corrected chi connectivity index (χ2v) is 6.73. The van der Waals surface area contributed by atoms with E-state index in [1.54, 1.807) is 45.5 Å². The first kappa shape index (κ1) is 21.6. The zero-order valence-electron chi connectivity index (χ0n) is 17.8. The van der Waals surface area contributed by atoms with Gasteiger partial charge in [0, 0.05) is 25.2 Å². The monoisotopic (exact) mass is 416 g/mol. The maximum atomic E-state index is 12.8. The first-order valence-corrected chi connectivity index (χ1v) is 9.71. The van der Waals surface area contributed by atoms with E-state index in [0.717, 1.165) is 24.3 Å². The van der Waals surface area contributed by atoms with E-state index in [1.807, 2.05) is 18.2 Å². The Morgan fingerprint density at radius 2 is 1.57 bits per heavy atom. The quantitative estimate of drug-likeness (QED) is 0.596. The minimum atomic E-state index is -0.0844. The molecule has 2 aromatic rings. The molecule has 0 radical (unpaired) electrons. The number of hydrogen-bond acceptors (Lipinski definition) is 7. The lowest BCUT2D eigenvalue weighted by Crippen LogP contribution is -2.42. The molecule has 0 unspecified atom stereocenters. The van der Waals surface area contributed by atoms with E-state index in [1.165, 1.54) is 0 Å². The molecular weight excluding hydrogens is 388 g/mol. The Morgan fingerprint density at radius 3 is 2.27 bits per heavy atom. The molecule has 8 nitrogen and oxygen atoms in total. The zero-order valence-corrected chi connectivity index (χ0v) is 17.8. The molecule has 1 heterocycles. The largest absolute Gasteiger partial charge is 0.493 e. The van der Waals surface area contributed by atoms with Gasteiger partial charge in [0.1, 0.15) is 5.75 Å². The van der Waals surface area contributed by atoms with Gasteiger partial charge in [0.25, 0.3) is 5.91 Å². The number of nitrogens with zero attached hydrogens (tertiary/aromatic N) is 1. The molecule has 0 bridgehead atoms. The molecule has 0 aromatic heterocycles. The number of methoxy groups -OCH3 is 4. The highest BCUT2D eigenvalue weighted by Gasteiger charge is 2.27. The van der Waals surface area contributed by atoms with Crippen LogP contribution in [0.25, 0.3) is 0 Å². The van der Waals surface area contributed by atoms with Crippen LogP contribution >= 0.6 is 0 Å². The molecule has 1 amide bonds. The molecule has 2 aromatic carbocycles. The molecule has 0 atom stereocenters. The van der Waals surface area contributed by atoms with Crippen LogP contribution in [0.5, 0.6) is 28.7 Å². The Bertz CT molecular complexity index is 886. The van der Waals surface area contributed by atoms with Gasteiger partial charge in [-0.2, -0.15) is 0 Å². The lowest BCUT2D eigenvalue weighted by molar-refractivity contribution is 0.0523. The Morgan fingerprint density at radius 1 is 0.900 bits per heavy atom. The molecule has 0 fully saturated rings. The number of hydrogen-bond donors (Lipinski definition) is 1. The van der Waals surface area contributed by atoms with Gasteiger partial charge >= 0.3 is 0 Å². The number of benzene rings is 2. The van der Waals surface area contributed by atoms with Crippen LogP contribution in [0.3, 0.4) is 0 Å². The lowest BCUT2D eigenvalue weighted by Gasteiger charge is -2.29. The van der Waals surface area contributed by atoms with Crippen LogP contribution in [-0.2, 0) is 6.42 Å². The van der Waals surface area contributed by atoms with Crippen molar-refractivity contribution < 1.29 is 28.5 Å². The Hall–Kier alpha value is -3.13. The Labute approximate surface area is 176 Å². The Kier molecular flexibility index (Phi) is 7.24. The van der Waals surface area contributed by atoms with Gasteiger partial charge in [0.05, 0.1) is 34.0 Å². The fraction of sp³-hybridized carbons (Fsp3) is 0.409. The average Bonchev–Trinajstić information content (AvgIpc) is 2.79. The normalized spacial score (nSPS) is 12.8. The number of carbonyl (C=O) groups is 1. The van der Waals surface area contributed by atoms with E-state index < -0.39 is 0 Å². The minimum Gasteiger partial charge on any atom is -0.493 e. The third-order valence-electron chi connectivity index (χ3n) is 4.98. The molecule has 162 valence electrons. The summed E-state index contributed by atoms with van der Waals surface area (Å²) in [6.07, 6.45) is 0.838. The van der Waals surface area contributed by atoms with Crippen molar-refractivity contribution in [2.24, 2.45) is 0 Å². The fourth-order valence-electron chi connectivity index (χ4n) is 3.30. The van der Waals surface area contributed by atoms with Gasteiger partial charge in [-0.15, -0.1) is 0 Å². The first-order valence-electron chi connectivity index (χ1n) is 9.71. The summed E-state index contributed by atoms with van der Waals surface area (Å²) in [5.41, 5.74) is 1.62. The molecule has 0 aliphatic carbocycles. The van der Waals surface area contributed by atoms with Crippen molar-refractivity contribution in [1.29, 1.82) is 0 Å². The molecule has 8 heteroatoms. The summed E-state index contributed by atoms with van der Waals surface area (Å²) in [6, 6.07) is 9.24. The number of rotatable bonds is 10. The van der Waals surface area contributed by atoms with Crippen molar-refractivity contribution >= 4 is 5.91 Å². The highest BCUT2D eigenvalue weighted by Crippen LogP contribution is 2.37. The van der Waals surface area contributed by atoms with Crippen molar-refractivity contribution in [1.82, 2.24) is 10.2 Å². The van der Waals surface area contributed by atoms with Crippen LogP contribution < -0.4 is 29.0 Å². The standard InChI is InChI=1S/C22H28N2O6/c1-26-17-6-5-15(11-19(17)27-2)7-8-23-9-10-24-14-30-18-13-21(29-4)20(28-3)12-16(18)22(24)25/h5-6,11-13,23H,7-10,14H2,1-4H3. The van der Waals surface area contributed by atoms with Crippen molar-refractivity contribution in [3.05, 3.63) is 41.5 Å². The van der Waals surface area contributed by atoms with E-state index in [2.05, 4.69) is 5.32 Å². The maximum absolute atomic E-state index is 12.8. The van der Waals surface area contributed by atoms with Gasteiger partial charge in [0.15, 0.2) is 29.7 Å². The second-order valence-electron chi connectivity index (χ2n) is 6.73. The SMILES string of the molecule is COc1ccc(CCNCCN2COc3cc(OC)c(OC)cc3C2=O)cc1OC. The molecule has 0 saturated carbocycles. The smallest absolute Gasteiger partial charge is 0.260 e. The van der Waals surface area contributed by atoms with Gasteiger partial charge in [0.2, 0.25) is 0 Å².